The molecule has 3 nitrogen and oxygen atoms in total. The minimum absolute atomic E-state index is 0. The highest BCUT2D eigenvalue weighted by molar-refractivity contribution is 5.85. The fourth-order valence-corrected chi connectivity index (χ4v) is 2.84. The molecule has 0 aromatic heterocycles. The van der Waals surface area contributed by atoms with E-state index in [0.717, 1.165) is 39.1 Å². The highest BCUT2D eigenvalue weighted by atomic mass is 35.5. The fourth-order valence-electron chi connectivity index (χ4n) is 2.84. The van der Waals surface area contributed by atoms with Crippen molar-refractivity contribution in [2.24, 2.45) is 11.7 Å². The van der Waals surface area contributed by atoms with E-state index in [4.69, 9.17) is 10.5 Å². The lowest BCUT2D eigenvalue weighted by Crippen LogP contribution is -2.27. The van der Waals surface area contributed by atoms with E-state index in [1.165, 1.54) is 11.3 Å². The topological polar surface area (TPSA) is 38.5 Å². The Morgan fingerprint density at radius 2 is 1.70 bits per heavy atom. The summed E-state index contributed by atoms with van der Waals surface area (Å²) in [4.78, 5) is 2.35. The monoisotopic (exact) mass is 298 g/mol. The van der Waals surface area contributed by atoms with Crippen LogP contribution < -0.4 is 10.6 Å². The van der Waals surface area contributed by atoms with Crippen LogP contribution in [0.4, 0.5) is 5.69 Å². The van der Waals surface area contributed by atoms with Gasteiger partial charge in [-0.2, -0.15) is 0 Å². The normalized spacial score (nSPS) is 17.4. The molecule has 0 unspecified atom stereocenters. The smallest absolute Gasteiger partial charge is 0.0469 e. The standard InChI is InChI=1S/C16H26N2O.ClH/c1-3-18(4-2)15-7-5-13(6-8-15)16(17)14-9-11-19-12-10-14;/h5-8,14,16H,3-4,9-12,17H2,1-2H3;1H/t16-;/m0./s1. The minimum atomic E-state index is 0. The van der Waals surface area contributed by atoms with Crippen molar-refractivity contribution in [2.45, 2.75) is 32.7 Å². The highest BCUT2D eigenvalue weighted by Crippen LogP contribution is 2.29. The predicted molar refractivity (Wildman–Crippen MR) is 87.7 cm³/mol. The van der Waals surface area contributed by atoms with E-state index in [1.807, 2.05) is 0 Å². The summed E-state index contributed by atoms with van der Waals surface area (Å²) in [6, 6.07) is 8.92. The Hall–Kier alpha value is -0.770. The number of nitrogens with two attached hydrogens (primary N) is 1. The second-order valence-electron chi connectivity index (χ2n) is 5.24. The van der Waals surface area contributed by atoms with Gasteiger partial charge in [-0.3, -0.25) is 0 Å². The van der Waals surface area contributed by atoms with E-state index in [1.54, 1.807) is 0 Å². The molecular formula is C16H27ClN2O. The number of rotatable bonds is 5. The van der Waals surface area contributed by atoms with Crippen molar-refractivity contribution >= 4 is 18.1 Å². The summed E-state index contributed by atoms with van der Waals surface area (Å²) in [6.07, 6.45) is 2.16. The summed E-state index contributed by atoms with van der Waals surface area (Å²) in [7, 11) is 0. The molecule has 1 aromatic carbocycles. The number of ether oxygens (including phenoxy) is 1. The van der Waals surface area contributed by atoms with Crippen LogP contribution in [0.15, 0.2) is 24.3 Å². The molecule has 1 fully saturated rings. The molecule has 1 aromatic rings. The van der Waals surface area contributed by atoms with Crippen molar-refractivity contribution in [1.29, 1.82) is 0 Å². The summed E-state index contributed by atoms with van der Waals surface area (Å²) < 4.78 is 5.40. The fraction of sp³-hybridized carbons (Fsp3) is 0.625. The molecule has 1 aliphatic heterocycles. The molecule has 0 aliphatic carbocycles. The molecule has 114 valence electrons. The first kappa shape index (κ1) is 17.3. The van der Waals surface area contributed by atoms with Crippen molar-refractivity contribution in [3.05, 3.63) is 29.8 Å². The lowest BCUT2D eigenvalue weighted by Gasteiger charge is -2.28. The van der Waals surface area contributed by atoms with Crippen LogP contribution in [0, 0.1) is 5.92 Å². The van der Waals surface area contributed by atoms with E-state index in [2.05, 4.69) is 43.0 Å². The average Bonchev–Trinajstić information content (AvgIpc) is 2.49. The minimum Gasteiger partial charge on any atom is -0.381 e. The third-order valence-electron chi connectivity index (χ3n) is 4.18. The second-order valence-corrected chi connectivity index (χ2v) is 5.24. The largest absolute Gasteiger partial charge is 0.381 e. The van der Waals surface area contributed by atoms with Gasteiger partial charge < -0.3 is 15.4 Å². The predicted octanol–water partition coefficient (Wildman–Crippen LogP) is 3.38. The molecule has 2 N–H and O–H groups in total. The molecule has 1 saturated heterocycles. The summed E-state index contributed by atoms with van der Waals surface area (Å²) in [5, 5.41) is 0. The molecule has 2 rings (SSSR count). The summed E-state index contributed by atoms with van der Waals surface area (Å²) in [5.74, 6) is 0.563. The Labute approximate surface area is 128 Å². The molecule has 1 heterocycles. The molecule has 0 amide bonds. The number of benzene rings is 1. The average molecular weight is 299 g/mol. The van der Waals surface area contributed by atoms with Gasteiger partial charge in [-0.15, -0.1) is 12.4 Å². The molecule has 1 atom stereocenters. The zero-order valence-corrected chi connectivity index (χ0v) is 13.4. The molecule has 4 heteroatoms. The van der Waals surface area contributed by atoms with Crippen LogP contribution in [0.1, 0.15) is 38.3 Å². The van der Waals surface area contributed by atoms with Gasteiger partial charge in [-0.05, 0) is 50.3 Å². The van der Waals surface area contributed by atoms with Crippen LogP contribution in [0.2, 0.25) is 0 Å². The molecule has 0 bridgehead atoms. The van der Waals surface area contributed by atoms with Crippen LogP contribution in [0.3, 0.4) is 0 Å². The number of hydrogen-bond donors (Lipinski definition) is 1. The van der Waals surface area contributed by atoms with Crippen LogP contribution in [0.5, 0.6) is 0 Å². The van der Waals surface area contributed by atoms with E-state index < -0.39 is 0 Å². The first-order valence-corrected chi connectivity index (χ1v) is 7.44. The second kappa shape index (κ2) is 8.50. The van der Waals surface area contributed by atoms with Gasteiger partial charge in [0.1, 0.15) is 0 Å². The Bertz CT molecular complexity index is 373. The molecule has 20 heavy (non-hydrogen) atoms. The van der Waals surface area contributed by atoms with Gasteiger partial charge in [0.25, 0.3) is 0 Å². The number of anilines is 1. The van der Waals surface area contributed by atoms with Gasteiger partial charge in [-0.25, -0.2) is 0 Å². The Morgan fingerprint density at radius 3 is 2.20 bits per heavy atom. The molecule has 0 saturated carbocycles. The van der Waals surface area contributed by atoms with E-state index >= 15 is 0 Å². The molecule has 0 radical (unpaired) electrons. The zero-order chi connectivity index (χ0) is 13.7. The van der Waals surface area contributed by atoms with Crippen molar-refractivity contribution in [3.8, 4) is 0 Å². The lowest BCUT2D eigenvalue weighted by atomic mass is 9.88. The first-order valence-electron chi connectivity index (χ1n) is 7.44. The number of hydrogen-bond acceptors (Lipinski definition) is 3. The van der Waals surface area contributed by atoms with Gasteiger partial charge >= 0.3 is 0 Å². The van der Waals surface area contributed by atoms with Crippen LogP contribution >= 0.6 is 12.4 Å². The maximum absolute atomic E-state index is 6.39. The maximum atomic E-state index is 6.39. The molecule has 1 aliphatic rings. The van der Waals surface area contributed by atoms with E-state index in [-0.39, 0.29) is 18.4 Å². The first-order chi connectivity index (χ1) is 9.26. The van der Waals surface area contributed by atoms with Crippen LogP contribution in [-0.4, -0.2) is 26.3 Å². The SMILES string of the molecule is CCN(CC)c1ccc([C@H](N)C2CCOCC2)cc1.Cl. The van der Waals surface area contributed by atoms with Crippen molar-refractivity contribution in [1.82, 2.24) is 0 Å². The molecular weight excluding hydrogens is 272 g/mol. The highest BCUT2D eigenvalue weighted by Gasteiger charge is 2.22. The Morgan fingerprint density at radius 1 is 1.15 bits per heavy atom. The quantitative estimate of drug-likeness (QED) is 0.905. The summed E-state index contributed by atoms with van der Waals surface area (Å²) in [5.41, 5.74) is 8.93. The van der Waals surface area contributed by atoms with Gasteiger partial charge in [0.05, 0.1) is 0 Å². The molecule has 0 spiro atoms. The zero-order valence-electron chi connectivity index (χ0n) is 12.5. The van der Waals surface area contributed by atoms with Crippen molar-refractivity contribution in [3.63, 3.8) is 0 Å². The van der Waals surface area contributed by atoms with Gasteiger partial charge in [0.15, 0.2) is 0 Å². The van der Waals surface area contributed by atoms with Gasteiger partial charge in [0, 0.05) is 38.0 Å². The summed E-state index contributed by atoms with van der Waals surface area (Å²) >= 11 is 0. The van der Waals surface area contributed by atoms with Crippen molar-refractivity contribution in [2.75, 3.05) is 31.2 Å². The van der Waals surface area contributed by atoms with Crippen LogP contribution in [0.25, 0.3) is 0 Å². The van der Waals surface area contributed by atoms with Gasteiger partial charge in [0.2, 0.25) is 0 Å². The van der Waals surface area contributed by atoms with Gasteiger partial charge in [-0.1, -0.05) is 12.1 Å². The third-order valence-corrected chi connectivity index (χ3v) is 4.18. The van der Waals surface area contributed by atoms with E-state index in [9.17, 15) is 0 Å². The van der Waals surface area contributed by atoms with Crippen LogP contribution in [-0.2, 0) is 4.74 Å². The number of nitrogens with zero attached hydrogens (tertiary/aromatic N) is 1. The van der Waals surface area contributed by atoms with E-state index in [0.29, 0.717) is 5.92 Å². The maximum Gasteiger partial charge on any atom is 0.0469 e. The Balaban J connectivity index is 0.00000200. The van der Waals surface area contributed by atoms with Crippen molar-refractivity contribution < 1.29 is 4.74 Å². The lowest BCUT2D eigenvalue weighted by molar-refractivity contribution is 0.0584. The summed E-state index contributed by atoms with van der Waals surface area (Å²) in [6.45, 7) is 8.17. The third kappa shape index (κ3) is 4.11. The Kier molecular flexibility index (Phi) is 7.35. The number of halogens is 1.